The van der Waals surface area contributed by atoms with Crippen molar-refractivity contribution in [1.82, 2.24) is 5.32 Å². The van der Waals surface area contributed by atoms with E-state index in [0.717, 1.165) is 0 Å². The minimum atomic E-state index is -0.232. The van der Waals surface area contributed by atoms with Gasteiger partial charge in [-0.05, 0) is 30.2 Å². The number of aliphatic hydroxyl groups is 1. The molecule has 1 aromatic rings. The maximum atomic E-state index is 12.0. The molecule has 1 atom stereocenters. The molecule has 1 unspecified atom stereocenters. The van der Waals surface area contributed by atoms with Crippen LogP contribution >= 0.6 is 0 Å². The standard InChI is InChI=1S/C15H21NO3/c1-4-9-19-13-7-5-12(6-8-13)15(18)16-14(10-17)11(2)3/h4-8,11,14,17H,1,9-10H2,2-3H3,(H,16,18). The van der Waals surface area contributed by atoms with Crippen molar-refractivity contribution in [3.63, 3.8) is 0 Å². The van der Waals surface area contributed by atoms with E-state index in [1.807, 2.05) is 13.8 Å². The van der Waals surface area contributed by atoms with Gasteiger partial charge in [-0.1, -0.05) is 26.5 Å². The number of amides is 1. The molecular weight excluding hydrogens is 242 g/mol. The number of benzene rings is 1. The summed E-state index contributed by atoms with van der Waals surface area (Å²) >= 11 is 0. The summed E-state index contributed by atoms with van der Waals surface area (Å²) in [6.07, 6.45) is 1.66. The average Bonchev–Trinajstić information content (AvgIpc) is 2.42. The summed E-state index contributed by atoms with van der Waals surface area (Å²) in [6.45, 7) is 7.84. The highest BCUT2D eigenvalue weighted by molar-refractivity contribution is 5.94. The average molecular weight is 263 g/mol. The molecule has 0 saturated carbocycles. The van der Waals surface area contributed by atoms with Crippen LogP contribution in [0.15, 0.2) is 36.9 Å². The number of carbonyl (C=O) groups excluding carboxylic acids is 1. The summed E-state index contributed by atoms with van der Waals surface area (Å²) in [7, 11) is 0. The van der Waals surface area contributed by atoms with Crippen molar-refractivity contribution in [2.45, 2.75) is 19.9 Å². The molecule has 0 bridgehead atoms. The van der Waals surface area contributed by atoms with Crippen LogP contribution in [0.25, 0.3) is 0 Å². The Balaban J connectivity index is 2.64. The summed E-state index contributed by atoms with van der Waals surface area (Å²) < 4.78 is 5.34. The van der Waals surface area contributed by atoms with Crippen molar-refractivity contribution in [2.24, 2.45) is 5.92 Å². The number of hydrogen-bond donors (Lipinski definition) is 2. The van der Waals surface area contributed by atoms with Crippen LogP contribution in [0.5, 0.6) is 5.75 Å². The van der Waals surface area contributed by atoms with Gasteiger partial charge in [0, 0.05) is 5.56 Å². The molecule has 0 aliphatic carbocycles. The molecule has 0 aromatic heterocycles. The van der Waals surface area contributed by atoms with Gasteiger partial charge in [-0.3, -0.25) is 4.79 Å². The van der Waals surface area contributed by atoms with E-state index in [2.05, 4.69) is 11.9 Å². The molecule has 1 rings (SSSR count). The highest BCUT2D eigenvalue weighted by Crippen LogP contribution is 2.12. The molecule has 4 heteroatoms. The summed E-state index contributed by atoms with van der Waals surface area (Å²) in [6, 6.07) is 6.64. The molecule has 2 N–H and O–H groups in total. The van der Waals surface area contributed by atoms with Gasteiger partial charge in [0.1, 0.15) is 12.4 Å². The number of ether oxygens (including phenoxy) is 1. The predicted octanol–water partition coefficient (Wildman–Crippen LogP) is 2.00. The third-order valence-electron chi connectivity index (χ3n) is 2.80. The maximum Gasteiger partial charge on any atom is 0.251 e. The Bertz CT molecular complexity index is 412. The number of nitrogens with one attached hydrogen (secondary N) is 1. The zero-order valence-corrected chi connectivity index (χ0v) is 11.4. The van der Waals surface area contributed by atoms with Gasteiger partial charge in [-0.25, -0.2) is 0 Å². The first-order valence-electron chi connectivity index (χ1n) is 6.34. The third-order valence-corrected chi connectivity index (χ3v) is 2.80. The zero-order chi connectivity index (χ0) is 14.3. The highest BCUT2D eigenvalue weighted by atomic mass is 16.5. The van der Waals surface area contributed by atoms with Crippen LogP contribution in [0.2, 0.25) is 0 Å². The van der Waals surface area contributed by atoms with E-state index in [1.165, 1.54) is 0 Å². The topological polar surface area (TPSA) is 58.6 Å². The lowest BCUT2D eigenvalue weighted by Crippen LogP contribution is -2.41. The van der Waals surface area contributed by atoms with E-state index in [9.17, 15) is 9.90 Å². The Morgan fingerprint density at radius 2 is 2.05 bits per heavy atom. The van der Waals surface area contributed by atoms with E-state index in [1.54, 1.807) is 30.3 Å². The van der Waals surface area contributed by atoms with Gasteiger partial charge >= 0.3 is 0 Å². The second-order valence-electron chi connectivity index (χ2n) is 4.63. The van der Waals surface area contributed by atoms with Crippen molar-refractivity contribution in [3.8, 4) is 5.75 Å². The second kappa shape index (κ2) is 7.59. The molecule has 0 fully saturated rings. The second-order valence-corrected chi connectivity index (χ2v) is 4.63. The quantitative estimate of drug-likeness (QED) is 0.740. The van der Waals surface area contributed by atoms with Gasteiger partial charge in [-0.15, -0.1) is 0 Å². The van der Waals surface area contributed by atoms with Crippen molar-refractivity contribution >= 4 is 5.91 Å². The zero-order valence-electron chi connectivity index (χ0n) is 11.4. The number of hydrogen-bond acceptors (Lipinski definition) is 3. The van der Waals surface area contributed by atoms with Crippen molar-refractivity contribution in [2.75, 3.05) is 13.2 Å². The third kappa shape index (κ3) is 4.75. The van der Waals surface area contributed by atoms with Gasteiger partial charge in [-0.2, -0.15) is 0 Å². The Hall–Kier alpha value is -1.81. The molecular formula is C15H21NO3. The minimum Gasteiger partial charge on any atom is -0.490 e. The molecule has 4 nitrogen and oxygen atoms in total. The largest absolute Gasteiger partial charge is 0.490 e. The smallest absolute Gasteiger partial charge is 0.251 e. The van der Waals surface area contributed by atoms with E-state index >= 15 is 0 Å². The fourth-order valence-electron chi connectivity index (χ4n) is 1.53. The molecule has 104 valence electrons. The van der Waals surface area contributed by atoms with E-state index in [0.29, 0.717) is 17.9 Å². The molecule has 0 saturated heterocycles. The Morgan fingerprint density at radius 3 is 2.53 bits per heavy atom. The molecule has 0 spiro atoms. The Morgan fingerprint density at radius 1 is 1.42 bits per heavy atom. The number of rotatable bonds is 7. The number of carbonyl (C=O) groups is 1. The van der Waals surface area contributed by atoms with Crippen LogP contribution in [-0.4, -0.2) is 30.3 Å². The van der Waals surface area contributed by atoms with Gasteiger partial charge in [0.15, 0.2) is 0 Å². The lowest BCUT2D eigenvalue weighted by Gasteiger charge is -2.19. The van der Waals surface area contributed by atoms with Crippen LogP contribution in [0, 0.1) is 5.92 Å². The van der Waals surface area contributed by atoms with Crippen LogP contribution in [0.3, 0.4) is 0 Å². The molecule has 1 aromatic carbocycles. The highest BCUT2D eigenvalue weighted by Gasteiger charge is 2.15. The first-order chi connectivity index (χ1) is 9.08. The summed E-state index contributed by atoms with van der Waals surface area (Å²) in [4.78, 5) is 12.0. The van der Waals surface area contributed by atoms with Crippen LogP contribution < -0.4 is 10.1 Å². The van der Waals surface area contributed by atoms with E-state index in [-0.39, 0.29) is 24.5 Å². The minimum absolute atomic E-state index is 0.0655. The summed E-state index contributed by atoms with van der Waals surface area (Å²) in [5.74, 6) is 0.686. The first-order valence-corrected chi connectivity index (χ1v) is 6.34. The van der Waals surface area contributed by atoms with Crippen molar-refractivity contribution in [3.05, 3.63) is 42.5 Å². The maximum absolute atomic E-state index is 12.0. The van der Waals surface area contributed by atoms with Gasteiger partial charge in [0.05, 0.1) is 12.6 Å². The molecule has 0 aliphatic heterocycles. The Labute approximate surface area is 114 Å². The SMILES string of the molecule is C=CCOc1ccc(C(=O)NC(CO)C(C)C)cc1. The van der Waals surface area contributed by atoms with E-state index in [4.69, 9.17) is 4.74 Å². The lowest BCUT2D eigenvalue weighted by atomic mass is 10.0. The molecule has 0 aliphatic rings. The van der Waals surface area contributed by atoms with Crippen LogP contribution in [-0.2, 0) is 0 Å². The van der Waals surface area contributed by atoms with Crippen LogP contribution in [0.4, 0.5) is 0 Å². The van der Waals surface area contributed by atoms with Gasteiger partial charge < -0.3 is 15.2 Å². The fourth-order valence-corrected chi connectivity index (χ4v) is 1.53. The van der Waals surface area contributed by atoms with Gasteiger partial charge in [0.2, 0.25) is 0 Å². The monoisotopic (exact) mass is 263 g/mol. The first kappa shape index (κ1) is 15.2. The predicted molar refractivity (Wildman–Crippen MR) is 75.3 cm³/mol. The van der Waals surface area contributed by atoms with Crippen LogP contribution in [0.1, 0.15) is 24.2 Å². The summed E-state index contributed by atoms with van der Waals surface area (Å²) in [5.41, 5.74) is 0.546. The van der Waals surface area contributed by atoms with E-state index < -0.39 is 0 Å². The van der Waals surface area contributed by atoms with Gasteiger partial charge in [0.25, 0.3) is 5.91 Å². The normalized spacial score (nSPS) is 12.0. The molecule has 19 heavy (non-hydrogen) atoms. The lowest BCUT2D eigenvalue weighted by molar-refractivity contribution is 0.0897. The fraction of sp³-hybridized carbons (Fsp3) is 0.400. The number of aliphatic hydroxyl groups excluding tert-OH is 1. The molecule has 0 radical (unpaired) electrons. The van der Waals surface area contributed by atoms with Crippen molar-refractivity contribution in [1.29, 1.82) is 0 Å². The molecule has 0 heterocycles. The van der Waals surface area contributed by atoms with Crippen molar-refractivity contribution < 1.29 is 14.6 Å². The molecule has 1 amide bonds. The summed E-state index contributed by atoms with van der Waals surface area (Å²) in [5, 5.41) is 12.0. The Kier molecular flexibility index (Phi) is 6.09.